The number of hydrogen-bond acceptors (Lipinski definition) is 4. The molecule has 4 nitrogen and oxygen atoms in total. The Labute approximate surface area is 122 Å². The zero-order chi connectivity index (χ0) is 14.2. The predicted octanol–water partition coefficient (Wildman–Crippen LogP) is 4.24. The van der Waals surface area contributed by atoms with Crippen LogP contribution in [-0.2, 0) is 0 Å². The molecule has 0 radical (unpaired) electrons. The van der Waals surface area contributed by atoms with E-state index < -0.39 is 0 Å². The SMILES string of the molecule is Nc1ccc2c(c1)Oc1cnccc1N2c1ccccc1. The quantitative estimate of drug-likeness (QED) is 0.528. The van der Waals surface area contributed by atoms with Gasteiger partial charge in [-0.15, -0.1) is 0 Å². The van der Waals surface area contributed by atoms with Crippen molar-refractivity contribution in [3.05, 3.63) is 67.0 Å². The third kappa shape index (κ3) is 1.89. The summed E-state index contributed by atoms with van der Waals surface area (Å²) in [5, 5.41) is 0. The fourth-order valence-corrected chi connectivity index (χ4v) is 2.54. The van der Waals surface area contributed by atoms with Gasteiger partial charge in [-0.3, -0.25) is 4.98 Å². The number of aromatic nitrogens is 1. The minimum absolute atomic E-state index is 0.675. The van der Waals surface area contributed by atoms with E-state index in [0.29, 0.717) is 5.69 Å². The highest BCUT2D eigenvalue weighted by molar-refractivity contribution is 5.86. The van der Waals surface area contributed by atoms with E-state index in [4.69, 9.17) is 10.5 Å². The molecule has 102 valence electrons. The molecule has 0 atom stereocenters. The largest absolute Gasteiger partial charge is 0.451 e. The van der Waals surface area contributed by atoms with Gasteiger partial charge in [0.15, 0.2) is 11.5 Å². The highest BCUT2D eigenvalue weighted by atomic mass is 16.5. The van der Waals surface area contributed by atoms with Gasteiger partial charge in [-0.1, -0.05) is 18.2 Å². The van der Waals surface area contributed by atoms with Crippen LogP contribution in [0.1, 0.15) is 0 Å². The maximum Gasteiger partial charge on any atom is 0.169 e. The van der Waals surface area contributed by atoms with E-state index in [9.17, 15) is 0 Å². The van der Waals surface area contributed by atoms with Crippen LogP contribution in [0.5, 0.6) is 11.5 Å². The van der Waals surface area contributed by atoms with E-state index >= 15 is 0 Å². The van der Waals surface area contributed by atoms with E-state index in [1.165, 1.54) is 0 Å². The molecular weight excluding hydrogens is 262 g/mol. The zero-order valence-electron chi connectivity index (χ0n) is 11.2. The van der Waals surface area contributed by atoms with E-state index in [0.717, 1.165) is 28.6 Å². The van der Waals surface area contributed by atoms with Crippen molar-refractivity contribution in [3.8, 4) is 11.5 Å². The molecular formula is C17H13N3O. The second-order valence-corrected chi connectivity index (χ2v) is 4.84. The first-order valence-corrected chi connectivity index (χ1v) is 6.69. The first kappa shape index (κ1) is 11.8. The van der Waals surface area contributed by atoms with Crippen LogP contribution in [-0.4, -0.2) is 4.98 Å². The van der Waals surface area contributed by atoms with Crippen molar-refractivity contribution >= 4 is 22.7 Å². The Hall–Kier alpha value is -3.01. The van der Waals surface area contributed by atoms with E-state index in [1.807, 2.05) is 42.5 Å². The highest BCUT2D eigenvalue weighted by Gasteiger charge is 2.25. The number of fused-ring (bicyclic) bond motifs is 2. The summed E-state index contributed by atoms with van der Waals surface area (Å²) in [7, 11) is 0. The average Bonchev–Trinajstić information content (AvgIpc) is 2.53. The molecule has 2 heterocycles. The maximum absolute atomic E-state index is 5.93. The number of nitrogen functional groups attached to an aromatic ring is 1. The number of pyridine rings is 1. The molecule has 0 unspecified atom stereocenters. The van der Waals surface area contributed by atoms with Crippen LogP contribution in [0.2, 0.25) is 0 Å². The molecule has 3 aromatic rings. The average molecular weight is 275 g/mol. The highest BCUT2D eigenvalue weighted by Crippen LogP contribution is 2.50. The molecule has 0 bridgehead atoms. The first-order chi connectivity index (χ1) is 10.3. The molecule has 1 aliphatic heterocycles. The van der Waals surface area contributed by atoms with Crippen LogP contribution in [0.4, 0.5) is 22.7 Å². The van der Waals surface area contributed by atoms with Gasteiger partial charge in [0, 0.05) is 23.6 Å². The van der Waals surface area contributed by atoms with Gasteiger partial charge in [-0.05, 0) is 30.3 Å². The summed E-state index contributed by atoms with van der Waals surface area (Å²) < 4.78 is 5.93. The van der Waals surface area contributed by atoms with Crippen LogP contribution in [0.3, 0.4) is 0 Å². The fourth-order valence-electron chi connectivity index (χ4n) is 2.54. The first-order valence-electron chi connectivity index (χ1n) is 6.69. The van der Waals surface area contributed by atoms with Crippen LogP contribution < -0.4 is 15.4 Å². The third-order valence-electron chi connectivity index (χ3n) is 3.46. The zero-order valence-corrected chi connectivity index (χ0v) is 11.2. The number of ether oxygens (including phenoxy) is 1. The predicted molar refractivity (Wildman–Crippen MR) is 83.4 cm³/mol. The smallest absolute Gasteiger partial charge is 0.169 e. The van der Waals surface area contributed by atoms with Crippen molar-refractivity contribution in [1.29, 1.82) is 0 Å². The molecule has 0 saturated carbocycles. The molecule has 1 aliphatic rings. The Morgan fingerprint density at radius 2 is 1.71 bits per heavy atom. The lowest BCUT2D eigenvalue weighted by molar-refractivity contribution is 0.475. The van der Waals surface area contributed by atoms with Gasteiger partial charge in [0.25, 0.3) is 0 Å². The minimum atomic E-state index is 0.675. The number of rotatable bonds is 1. The second-order valence-electron chi connectivity index (χ2n) is 4.84. The molecule has 0 aliphatic carbocycles. The summed E-state index contributed by atoms with van der Waals surface area (Å²) in [6.07, 6.45) is 3.48. The van der Waals surface area contributed by atoms with E-state index in [2.05, 4.69) is 22.0 Å². The third-order valence-corrected chi connectivity index (χ3v) is 3.46. The van der Waals surface area contributed by atoms with Crippen LogP contribution in [0.25, 0.3) is 0 Å². The molecule has 2 aromatic carbocycles. The molecule has 4 heteroatoms. The van der Waals surface area contributed by atoms with Gasteiger partial charge in [-0.25, -0.2) is 0 Å². The monoisotopic (exact) mass is 275 g/mol. The normalized spacial score (nSPS) is 12.3. The van der Waals surface area contributed by atoms with Gasteiger partial charge in [-0.2, -0.15) is 0 Å². The summed E-state index contributed by atoms with van der Waals surface area (Å²) in [6, 6.07) is 17.8. The molecule has 2 N–H and O–H groups in total. The number of nitrogens with two attached hydrogens (primary N) is 1. The molecule has 21 heavy (non-hydrogen) atoms. The summed E-state index contributed by atoms with van der Waals surface area (Å²) in [4.78, 5) is 6.29. The molecule has 0 saturated heterocycles. The van der Waals surface area contributed by atoms with E-state index in [1.54, 1.807) is 12.4 Å². The molecule has 1 aromatic heterocycles. The number of nitrogens with zero attached hydrogens (tertiary/aromatic N) is 2. The standard InChI is InChI=1S/C17H13N3O/c18-12-6-7-14-16(10-12)21-17-11-19-9-8-15(17)20(14)13-4-2-1-3-5-13/h1-11H,18H2. The van der Waals surface area contributed by atoms with Crippen molar-refractivity contribution in [1.82, 2.24) is 4.98 Å². The number of benzene rings is 2. The fraction of sp³-hybridized carbons (Fsp3) is 0. The number of anilines is 4. The molecule has 0 fully saturated rings. The summed E-state index contributed by atoms with van der Waals surface area (Å²) >= 11 is 0. The van der Waals surface area contributed by atoms with Crippen molar-refractivity contribution in [2.24, 2.45) is 0 Å². The lowest BCUT2D eigenvalue weighted by Crippen LogP contribution is -2.16. The lowest BCUT2D eigenvalue weighted by Gasteiger charge is -2.32. The van der Waals surface area contributed by atoms with Crippen molar-refractivity contribution in [3.63, 3.8) is 0 Å². The number of hydrogen-bond donors (Lipinski definition) is 1. The molecule has 4 rings (SSSR count). The van der Waals surface area contributed by atoms with Gasteiger partial charge in [0.2, 0.25) is 0 Å². The number of para-hydroxylation sites is 1. The summed E-state index contributed by atoms with van der Waals surface area (Å²) in [6.45, 7) is 0. The van der Waals surface area contributed by atoms with Crippen molar-refractivity contribution in [2.45, 2.75) is 0 Å². The Balaban J connectivity index is 1.97. The van der Waals surface area contributed by atoms with Gasteiger partial charge in [0.05, 0.1) is 17.6 Å². The Morgan fingerprint density at radius 1 is 0.905 bits per heavy atom. The van der Waals surface area contributed by atoms with Crippen LogP contribution >= 0.6 is 0 Å². The Bertz CT molecular complexity index is 802. The molecule has 0 amide bonds. The van der Waals surface area contributed by atoms with Crippen LogP contribution in [0, 0.1) is 0 Å². The van der Waals surface area contributed by atoms with Crippen molar-refractivity contribution in [2.75, 3.05) is 10.6 Å². The lowest BCUT2D eigenvalue weighted by atomic mass is 10.1. The van der Waals surface area contributed by atoms with Gasteiger partial charge < -0.3 is 15.4 Å². The van der Waals surface area contributed by atoms with Gasteiger partial charge >= 0.3 is 0 Å². The second kappa shape index (κ2) is 4.52. The summed E-state index contributed by atoms with van der Waals surface area (Å²) in [5.41, 5.74) is 9.55. The molecule has 0 spiro atoms. The maximum atomic E-state index is 5.93. The summed E-state index contributed by atoms with van der Waals surface area (Å²) in [5.74, 6) is 1.46. The van der Waals surface area contributed by atoms with Gasteiger partial charge in [0.1, 0.15) is 0 Å². The Morgan fingerprint density at radius 3 is 2.57 bits per heavy atom. The van der Waals surface area contributed by atoms with E-state index in [-0.39, 0.29) is 0 Å². The van der Waals surface area contributed by atoms with Crippen molar-refractivity contribution < 1.29 is 4.74 Å². The topological polar surface area (TPSA) is 51.4 Å². The minimum Gasteiger partial charge on any atom is -0.451 e. The Kier molecular flexibility index (Phi) is 2.54. The van der Waals surface area contributed by atoms with Crippen LogP contribution in [0.15, 0.2) is 67.0 Å².